The molecular formula is C18H23FN4O. The first-order chi connectivity index (χ1) is 11.6. The maximum Gasteiger partial charge on any atom is 0.150 e. The number of anilines is 1. The van der Waals surface area contributed by atoms with Gasteiger partial charge in [0, 0.05) is 30.9 Å². The molecule has 1 atom stereocenters. The summed E-state index contributed by atoms with van der Waals surface area (Å²) in [4.78, 5) is 11.2. The Morgan fingerprint density at radius 2 is 2.17 bits per heavy atom. The zero-order valence-corrected chi connectivity index (χ0v) is 14.1. The molecule has 1 saturated heterocycles. The molecule has 24 heavy (non-hydrogen) atoms. The summed E-state index contributed by atoms with van der Waals surface area (Å²) in [5.74, 6) is 1.32. The van der Waals surface area contributed by atoms with Gasteiger partial charge >= 0.3 is 0 Å². The lowest BCUT2D eigenvalue weighted by molar-refractivity contribution is -0.0163. The highest BCUT2D eigenvalue weighted by Crippen LogP contribution is 2.25. The molecule has 1 aliphatic rings. The molecule has 2 heterocycles. The molecule has 1 aromatic heterocycles. The molecule has 1 aromatic carbocycles. The van der Waals surface area contributed by atoms with Crippen LogP contribution in [0.4, 0.5) is 10.2 Å². The minimum atomic E-state index is -0.182. The van der Waals surface area contributed by atoms with Gasteiger partial charge in [-0.1, -0.05) is 18.2 Å². The van der Waals surface area contributed by atoms with Crippen molar-refractivity contribution in [2.24, 2.45) is 0 Å². The van der Waals surface area contributed by atoms with Gasteiger partial charge in [-0.15, -0.1) is 0 Å². The first-order valence-electron chi connectivity index (χ1n) is 8.28. The fraction of sp³-hybridized carbons (Fsp3) is 0.444. The number of rotatable bonds is 5. The van der Waals surface area contributed by atoms with Crippen LogP contribution in [0.3, 0.4) is 0 Å². The Morgan fingerprint density at radius 3 is 2.96 bits per heavy atom. The lowest BCUT2D eigenvalue weighted by Crippen LogP contribution is -2.40. The van der Waals surface area contributed by atoms with Gasteiger partial charge in [0.2, 0.25) is 0 Å². The number of nitrogens with one attached hydrogen (secondary N) is 1. The molecular weight excluding hydrogens is 307 g/mol. The van der Waals surface area contributed by atoms with E-state index in [-0.39, 0.29) is 11.9 Å². The van der Waals surface area contributed by atoms with Crippen LogP contribution >= 0.6 is 0 Å². The fourth-order valence-corrected chi connectivity index (χ4v) is 2.82. The summed E-state index contributed by atoms with van der Waals surface area (Å²) in [7, 11) is 0. The number of ether oxygens (including phenoxy) is 1. The van der Waals surface area contributed by atoms with E-state index in [0.717, 1.165) is 12.4 Å². The van der Waals surface area contributed by atoms with Gasteiger partial charge in [-0.3, -0.25) is 4.90 Å². The third kappa shape index (κ3) is 4.07. The second-order valence-electron chi connectivity index (χ2n) is 6.25. The first kappa shape index (κ1) is 16.8. The average Bonchev–Trinajstić information content (AvgIpc) is 2.57. The molecule has 0 amide bonds. The number of hydrogen-bond acceptors (Lipinski definition) is 5. The number of halogens is 1. The van der Waals surface area contributed by atoms with Gasteiger partial charge in [0.25, 0.3) is 0 Å². The van der Waals surface area contributed by atoms with Crippen LogP contribution in [0.25, 0.3) is 0 Å². The van der Waals surface area contributed by atoms with Gasteiger partial charge < -0.3 is 10.1 Å². The lowest BCUT2D eigenvalue weighted by Gasteiger charge is -2.34. The van der Waals surface area contributed by atoms with Crippen molar-refractivity contribution in [1.82, 2.24) is 14.9 Å². The van der Waals surface area contributed by atoms with Crippen LogP contribution < -0.4 is 5.32 Å². The highest BCUT2D eigenvalue weighted by Gasteiger charge is 2.27. The molecule has 1 aliphatic heterocycles. The van der Waals surface area contributed by atoms with Crippen molar-refractivity contribution >= 4 is 5.82 Å². The smallest absolute Gasteiger partial charge is 0.150 e. The summed E-state index contributed by atoms with van der Waals surface area (Å²) in [6.45, 7) is 6.52. The van der Waals surface area contributed by atoms with Gasteiger partial charge in [0.05, 0.1) is 19.3 Å². The summed E-state index contributed by atoms with van der Waals surface area (Å²) in [6, 6.07) is 8.96. The molecule has 0 bridgehead atoms. The Hall–Kier alpha value is -2.05. The Morgan fingerprint density at radius 1 is 1.33 bits per heavy atom. The molecule has 6 heteroatoms. The molecule has 0 aliphatic carbocycles. The highest BCUT2D eigenvalue weighted by molar-refractivity contribution is 5.34. The molecule has 128 valence electrons. The molecule has 3 rings (SSSR count). The van der Waals surface area contributed by atoms with Crippen LogP contribution in [-0.2, 0) is 11.3 Å². The maximum atomic E-state index is 14.0. The summed E-state index contributed by atoms with van der Waals surface area (Å²) in [5.41, 5.74) is 0.681. The van der Waals surface area contributed by atoms with Gasteiger partial charge in [-0.25, -0.2) is 14.4 Å². The Bertz CT molecular complexity index is 680. The molecule has 1 N–H and O–H groups in total. The topological polar surface area (TPSA) is 50.3 Å². The Labute approximate surface area is 141 Å². The summed E-state index contributed by atoms with van der Waals surface area (Å²) in [5, 5.41) is 3.29. The van der Waals surface area contributed by atoms with E-state index in [1.807, 2.05) is 18.2 Å². The zero-order valence-electron chi connectivity index (χ0n) is 14.1. The lowest BCUT2D eigenvalue weighted by atomic mass is 10.1. The van der Waals surface area contributed by atoms with Crippen molar-refractivity contribution in [2.45, 2.75) is 32.5 Å². The van der Waals surface area contributed by atoms with Crippen LogP contribution in [0.1, 0.15) is 31.3 Å². The zero-order chi connectivity index (χ0) is 16.9. The molecule has 5 nitrogen and oxygen atoms in total. The number of benzene rings is 1. The monoisotopic (exact) mass is 330 g/mol. The third-order valence-electron chi connectivity index (χ3n) is 3.98. The normalized spacial score (nSPS) is 18.8. The minimum absolute atomic E-state index is 0.0766. The Kier molecular flexibility index (Phi) is 5.37. The Balaban J connectivity index is 1.81. The summed E-state index contributed by atoms with van der Waals surface area (Å²) < 4.78 is 19.6. The van der Waals surface area contributed by atoms with Gasteiger partial charge in [0.1, 0.15) is 17.5 Å². The van der Waals surface area contributed by atoms with Crippen molar-refractivity contribution in [3.8, 4) is 0 Å². The quantitative estimate of drug-likeness (QED) is 0.913. The maximum absolute atomic E-state index is 14.0. The fourth-order valence-electron chi connectivity index (χ4n) is 2.82. The van der Waals surface area contributed by atoms with Crippen molar-refractivity contribution in [3.05, 3.63) is 53.7 Å². The van der Waals surface area contributed by atoms with Crippen molar-refractivity contribution in [3.63, 3.8) is 0 Å². The van der Waals surface area contributed by atoms with E-state index < -0.39 is 0 Å². The standard InChI is InChI=1S/C18H23FN4O/c1-13(2)21-17-7-8-20-18(22-17)16-12-24-10-9-23(16)11-14-5-3-4-6-15(14)19/h3-8,13,16H,9-12H2,1-2H3,(H,20,21,22)/t16-/m1/s1. The average molecular weight is 330 g/mol. The predicted molar refractivity (Wildman–Crippen MR) is 91.2 cm³/mol. The molecule has 0 radical (unpaired) electrons. The van der Waals surface area contributed by atoms with Crippen molar-refractivity contribution < 1.29 is 9.13 Å². The van der Waals surface area contributed by atoms with Crippen LogP contribution in [0.15, 0.2) is 36.5 Å². The van der Waals surface area contributed by atoms with Crippen LogP contribution in [0, 0.1) is 5.82 Å². The third-order valence-corrected chi connectivity index (χ3v) is 3.98. The summed E-state index contributed by atoms with van der Waals surface area (Å²) >= 11 is 0. The van der Waals surface area contributed by atoms with E-state index >= 15 is 0 Å². The number of aromatic nitrogens is 2. The molecule has 1 fully saturated rings. The van der Waals surface area contributed by atoms with Crippen LogP contribution in [0.5, 0.6) is 0 Å². The second kappa shape index (κ2) is 7.68. The van der Waals surface area contributed by atoms with E-state index in [0.29, 0.717) is 37.2 Å². The number of hydrogen-bond donors (Lipinski definition) is 1. The SMILES string of the molecule is CC(C)Nc1ccnc([C@H]2COCCN2Cc2ccccc2F)n1. The van der Waals surface area contributed by atoms with E-state index in [1.54, 1.807) is 12.3 Å². The number of nitrogens with zero attached hydrogens (tertiary/aromatic N) is 3. The molecule has 2 aromatic rings. The van der Waals surface area contributed by atoms with E-state index in [2.05, 4.69) is 34.0 Å². The minimum Gasteiger partial charge on any atom is -0.378 e. The molecule has 0 spiro atoms. The second-order valence-corrected chi connectivity index (χ2v) is 6.25. The number of morpholine rings is 1. The van der Waals surface area contributed by atoms with Crippen molar-refractivity contribution in [1.29, 1.82) is 0 Å². The van der Waals surface area contributed by atoms with E-state index in [9.17, 15) is 4.39 Å². The van der Waals surface area contributed by atoms with E-state index in [1.165, 1.54) is 6.07 Å². The van der Waals surface area contributed by atoms with E-state index in [4.69, 9.17) is 4.74 Å². The first-order valence-corrected chi connectivity index (χ1v) is 8.28. The van der Waals surface area contributed by atoms with Gasteiger partial charge in [0.15, 0.2) is 0 Å². The molecule has 0 unspecified atom stereocenters. The largest absolute Gasteiger partial charge is 0.378 e. The predicted octanol–water partition coefficient (Wildman–Crippen LogP) is 3.01. The van der Waals surface area contributed by atoms with Crippen LogP contribution in [0.2, 0.25) is 0 Å². The van der Waals surface area contributed by atoms with Gasteiger partial charge in [-0.05, 0) is 26.0 Å². The highest BCUT2D eigenvalue weighted by atomic mass is 19.1. The summed E-state index contributed by atoms with van der Waals surface area (Å²) in [6.07, 6.45) is 1.75. The molecule has 0 saturated carbocycles. The van der Waals surface area contributed by atoms with Crippen LogP contribution in [-0.4, -0.2) is 40.7 Å². The van der Waals surface area contributed by atoms with Gasteiger partial charge in [-0.2, -0.15) is 0 Å². The van der Waals surface area contributed by atoms with Crippen molar-refractivity contribution in [2.75, 3.05) is 25.1 Å².